The number of hydrogen-bond acceptors (Lipinski definition) is 2. The van der Waals surface area contributed by atoms with Crippen molar-refractivity contribution in [3.8, 4) is 0 Å². The normalized spacial score (nSPS) is 10.9. The van der Waals surface area contributed by atoms with Crippen molar-refractivity contribution in [3.63, 3.8) is 0 Å². The van der Waals surface area contributed by atoms with Crippen LogP contribution in [0.25, 0.3) is 6.08 Å². The molecule has 0 aliphatic rings. The molecule has 0 spiro atoms. The van der Waals surface area contributed by atoms with E-state index in [0.29, 0.717) is 12.1 Å². The number of carbonyl (C=O) groups excluding carboxylic acids is 1. The standard InChI is InChI=1S/C21H21F2NO3/c1-2-3-4-5-14-6-8-15(9-7-14)10-11-20(25)24-19-13-18(23)17(22)12-16(19)21(26)27/h6-13H,2-5H2,1H3,(H,24,25)(H,26,27). The summed E-state index contributed by atoms with van der Waals surface area (Å²) in [4.78, 5) is 23.1. The summed E-state index contributed by atoms with van der Waals surface area (Å²) in [6, 6.07) is 8.93. The predicted molar refractivity (Wildman–Crippen MR) is 101 cm³/mol. The molecule has 6 heteroatoms. The van der Waals surface area contributed by atoms with Crippen molar-refractivity contribution < 1.29 is 23.5 Å². The summed E-state index contributed by atoms with van der Waals surface area (Å²) < 4.78 is 26.5. The Morgan fingerprint density at radius 2 is 1.74 bits per heavy atom. The summed E-state index contributed by atoms with van der Waals surface area (Å²) in [5.74, 6) is -4.64. The number of nitrogens with one attached hydrogen (secondary N) is 1. The third kappa shape index (κ3) is 6.02. The fourth-order valence-corrected chi connectivity index (χ4v) is 2.55. The van der Waals surface area contributed by atoms with E-state index >= 15 is 0 Å². The van der Waals surface area contributed by atoms with Gasteiger partial charge in [-0.15, -0.1) is 0 Å². The van der Waals surface area contributed by atoms with E-state index < -0.39 is 29.1 Å². The molecule has 142 valence electrons. The molecule has 2 N–H and O–H groups in total. The molecule has 0 saturated carbocycles. The van der Waals surface area contributed by atoms with E-state index in [1.165, 1.54) is 18.1 Å². The molecule has 0 fully saturated rings. The van der Waals surface area contributed by atoms with Crippen LogP contribution in [0.2, 0.25) is 0 Å². The van der Waals surface area contributed by atoms with Gasteiger partial charge in [-0.25, -0.2) is 13.6 Å². The van der Waals surface area contributed by atoms with Crippen LogP contribution in [-0.4, -0.2) is 17.0 Å². The topological polar surface area (TPSA) is 66.4 Å². The van der Waals surface area contributed by atoms with Crippen molar-refractivity contribution >= 4 is 23.6 Å². The van der Waals surface area contributed by atoms with E-state index in [2.05, 4.69) is 12.2 Å². The number of carbonyl (C=O) groups is 2. The van der Waals surface area contributed by atoms with E-state index in [1.807, 2.05) is 24.3 Å². The number of amides is 1. The average molecular weight is 373 g/mol. The number of carboxylic acids is 1. The number of carboxylic acid groups (broad SMARTS) is 1. The molecule has 0 atom stereocenters. The Hall–Kier alpha value is -3.02. The highest BCUT2D eigenvalue weighted by Crippen LogP contribution is 2.20. The molecule has 27 heavy (non-hydrogen) atoms. The van der Waals surface area contributed by atoms with Crippen molar-refractivity contribution in [2.45, 2.75) is 32.6 Å². The summed E-state index contributed by atoms with van der Waals surface area (Å²) in [5, 5.41) is 11.3. The smallest absolute Gasteiger partial charge is 0.337 e. The highest BCUT2D eigenvalue weighted by Gasteiger charge is 2.16. The van der Waals surface area contributed by atoms with E-state index in [0.717, 1.165) is 24.8 Å². The Morgan fingerprint density at radius 1 is 1.07 bits per heavy atom. The Bertz CT molecular complexity index is 845. The van der Waals surface area contributed by atoms with Gasteiger partial charge < -0.3 is 10.4 Å². The second-order valence-electron chi connectivity index (χ2n) is 6.14. The zero-order valence-corrected chi connectivity index (χ0v) is 15.0. The van der Waals surface area contributed by atoms with Gasteiger partial charge >= 0.3 is 5.97 Å². The second kappa shape index (κ2) is 9.62. The van der Waals surface area contributed by atoms with Gasteiger partial charge in [-0.3, -0.25) is 4.79 Å². The molecule has 0 aliphatic heterocycles. The summed E-state index contributed by atoms with van der Waals surface area (Å²) in [6.07, 6.45) is 7.26. The largest absolute Gasteiger partial charge is 0.478 e. The molecular weight excluding hydrogens is 352 g/mol. The van der Waals surface area contributed by atoms with Gasteiger partial charge in [-0.05, 0) is 36.1 Å². The molecule has 0 aromatic heterocycles. The molecule has 0 radical (unpaired) electrons. The zero-order chi connectivity index (χ0) is 19.8. The van der Waals surface area contributed by atoms with Gasteiger partial charge in [0.25, 0.3) is 0 Å². The van der Waals surface area contributed by atoms with Gasteiger partial charge in [0.2, 0.25) is 5.91 Å². The molecule has 2 aromatic carbocycles. The van der Waals surface area contributed by atoms with E-state index in [9.17, 15) is 18.4 Å². The number of halogens is 2. The Kier molecular flexibility index (Phi) is 7.23. The van der Waals surface area contributed by atoms with Crippen LogP contribution in [0.15, 0.2) is 42.5 Å². The maximum Gasteiger partial charge on any atom is 0.337 e. The van der Waals surface area contributed by atoms with Crippen LogP contribution in [0.5, 0.6) is 0 Å². The minimum Gasteiger partial charge on any atom is -0.478 e. The van der Waals surface area contributed by atoms with Crippen LogP contribution >= 0.6 is 0 Å². The van der Waals surface area contributed by atoms with Crippen LogP contribution < -0.4 is 5.32 Å². The number of aromatic carboxylic acids is 1. The maximum absolute atomic E-state index is 13.3. The van der Waals surface area contributed by atoms with E-state index in [-0.39, 0.29) is 5.69 Å². The maximum atomic E-state index is 13.3. The monoisotopic (exact) mass is 373 g/mol. The first-order valence-corrected chi connectivity index (χ1v) is 8.71. The summed E-state index contributed by atoms with van der Waals surface area (Å²) in [6.45, 7) is 2.15. The Morgan fingerprint density at radius 3 is 2.37 bits per heavy atom. The lowest BCUT2D eigenvalue weighted by Crippen LogP contribution is -2.13. The molecule has 1 amide bonds. The molecule has 0 aliphatic carbocycles. The van der Waals surface area contributed by atoms with E-state index in [4.69, 9.17) is 5.11 Å². The third-order valence-electron chi connectivity index (χ3n) is 4.02. The minimum absolute atomic E-state index is 0.303. The summed E-state index contributed by atoms with van der Waals surface area (Å²) in [7, 11) is 0. The van der Waals surface area contributed by atoms with Crippen LogP contribution in [0.3, 0.4) is 0 Å². The SMILES string of the molecule is CCCCCc1ccc(C=CC(=O)Nc2cc(F)c(F)cc2C(=O)O)cc1. The molecule has 0 heterocycles. The third-order valence-corrected chi connectivity index (χ3v) is 4.02. The molecule has 0 bridgehead atoms. The molecule has 2 rings (SSSR count). The zero-order valence-electron chi connectivity index (χ0n) is 15.0. The number of aryl methyl sites for hydroxylation is 1. The molecular formula is C21H21F2NO3. The number of hydrogen-bond donors (Lipinski definition) is 2. The van der Waals surface area contributed by atoms with Crippen molar-refractivity contribution in [1.82, 2.24) is 0 Å². The van der Waals surface area contributed by atoms with Gasteiger partial charge in [0.1, 0.15) is 0 Å². The average Bonchev–Trinajstić information content (AvgIpc) is 2.64. The van der Waals surface area contributed by atoms with Gasteiger partial charge in [0, 0.05) is 12.1 Å². The first-order chi connectivity index (χ1) is 12.9. The molecule has 2 aromatic rings. The van der Waals surface area contributed by atoms with Crippen LogP contribution in [0.4, 0.5) is 14.5 Å². The number of benzene rings is 2. The number of unbranched alkanes of at least 4 members (excludes halogenated alkanes) is 2. The minimum atomic E-state index is -1.47. The number of rotatable bonds is 8. The Balaban J connectivity index is 2.03. The fourth-order valence-electron chi connectivity index (χ4n) is 2.55. The quantitative estimate of drug-likeness (QED) is 0.503. The lowest BCUT2D eigenvalue weighted by molar-refractivity contribution is -0.111. The van der Waals surface area contributed by atoms with Crippen LogP contribution in [0, 0.1) is 11.6 Å². The van der Waals surface area contributed by atoms with Crippen molar-refractivity contribution in [2.24, 2.45) is 0 Å². The van der Waals surface area contributed by atoms with Crippen molar-refractivity contribution in [1.29, 1.82) is 0 Å². The molecule has 0 unspecified atom stereocenters. The Labute approximate surface area is 156 Å². The summed E-state index contributed by atoms with van der Waals surface area (Å²) >= 11 is 0. The fraction of sp³-hybridized carbons (Fsp3) is 0.238. The van der Waals surface area contributed by atoms with Crippen molar-refractivity contribution in [2.75, 3.05) is 5.32 Å². The van der Waals surface area contributed by atoms with E-state index in [1.54, 1.807) is 6.08 Å². The van der Waals surface area contributed by atoms with Gasteiger partial charge in [-0.1, -0.05) is 44.0 Å². The molecule has 0 saturated heterocycles. The number of anilines is 1. The van der Waals surface area contributed by atoms with Gasteiger partial charge in [0.05, 0.1) is 11.3 Å². The van der Waals surface area contributed by atoms with Gasteiger partial charge in [-0.2, -0.15) is 0 Å². The van der Waals surface area contributed by atoms with Crippen molar-refractivity contribution in [3.05, 3.63) is 70.8 Å². The first-order valence-electron chi connectivity index (χ1n) is 8.71. The summed E-state index contributed by atoms with van der Waals surface area (Å²) in [5.41, 5.74) is 1.19. The second-order valence-corrected chi connectivity index (χ2v) is 6.14. The predicted octanol–water partition coefficient (Wildman–Crippen LogP) is 5.05. The lowest BCUT2D eigenvalue weighted by Gasteiger charge is -2.07. The highest BCUT2D eigenvalue weighted by atomic mass is 19.2. The van der Waals surface area contributed by atoms with Gasteiger partial charge in [0.15, 0.2) is 11.6 Å². The van der Waals surface area contributed by atoms with Crippen LogP contribution in [0.1, 0.15) is 47.7 Å². The lowest BCUT2D eigenvalue weighted by atomic mass is 10.1. The first kappa shape index (κ1) is 20.3. The molecule has 4 nitrogen and oxygen atoms in total. The highest BCUT2D eigenvalue weighted by molar-refractivity contribution is 6.06. The van der Waals surface area contributed by atoms with Crippen LogP contribution in [-0.2, 0) is 11.2 Å².